The van der Waals surface area contributed by atoms with Gasteiger partial charge in [0.2, 0.25) is 0 Å². The normalized spacial score (nSPS) is 22.3. The first-order valence-electron chi connectivity index (χ1n) is 5.56. The summed E-state index contributed by atoms with van der Waals surface area (Å²) in [5.41, 5.74) is 5.05. The number of anilines is 1. The van der Waals surface area contributed by atoms with Crippen molar-refractivity contribution >= 4 is 5.69 Å². The van der Waals surface area contributed by atoms with Gasteiger partial charge in [0.25, 0.3) is 0 Å². The third-order valence-corrected chi connectivity index (χ3v) is 3.63. The minimum absolute atomic E-state index is 0.357. The van der Waals surface area contributed by atoms with Gasteiger partial charge in [-0.15, -0.1) is 0 Å². The lowest BCUT2D eigenvalue weighted by Crippen LogP contribution is -2.31. The van der Waals surface area contributed by atoms with Crippen LogP contribution in [0.5, 0.6) is 0 Å². The molecule has 0 unspecified atom stereocenters. The summed E-state index contributed by atoms with van der Waals surface area (Å²) in [6, 6.07) is 6.83. The van der Waals surface area contributed by atoms with Crippen LogP contribution in [-0.4, -0.2) is 13.1 Å². The van der Waals surface area contributed by atoms with Gasteiger partial charge in [-0.2, -0.15) is 0 Å². The Labute approximate surface area is 85.7 Å². The lowest BCUT2D eigenvalue weighted by atomic mass is 9.86. The van der Waals surface area contributed by atoms with Gasteiger partial charge in [-0.25, -0.2) is 0 Å². The molecule has 2 heterocycles. The van der Waals surface area contributed by atoms with Crippen molar-refractivity contribution < 1.29 is 0 Å². The maximum absolute atomic E-state index is 2.58. The Kier molecular flexibility index (Phi) is 1.51. The van der Waals surface area contributed by atoms with Crippen molar-refractivity contribution in [2.75, 3.05) is 18.0 Å². The number of aryl methyl sites for hydroxylation is 1. The van der Waals surface area contributed by atoms with Crippen LogP contribution in [0, 0.1) is 0 Å². The molecule has 0 saturated carbocycles. The summed E-state index contributed by atoms with van der Waals surface area (Å²) in [5, 5.41) is 0. The van der Waals surface area contributed by atoms with Crippen molar-refractivity contribution in [1.29, 1.82) is 0 Å². The highest BCUT2D eigenvalue weighted by atomic mass is 15.2. The smallest absolute Gasteiger partial charge is 0.0437 e. The molecule has 74 valence electrons. The zero-order valence-electron chi connectivity index (χ0n) is 9.01. The van der Waals surface area contributed by atoms with E-state index >= 15 is 0 Å². The van der Waals surface area contributed by atoms with Crippen molar-refractivity contribution in [2.45, 2.75) is 32.1 Å². The molecule has 0 radical (unpaired) electrons. The van der Waals surface area contributed by atoms with Crippen molar-refractivity contribution in [3.8, 4) is 0 Å². The molecule has 1 nitrogen and oxygen atoms in total. The Bertz CT molecular complexity index is 379. The van der Waals surface area contributed by atoms with E-state index < -0.39 is 0 Å². The summed E-state index contributed by atoms with van der Waals surface area (Å²) in [4.78, 5) is 2.58. The zero-order chi connectivity index (χ0) is 9.76. The van der Waals surface area contributed by atoms with Crippen LogP contribution in [0.1, 0.15) is 31.4 Å². The van der Waals surface area contributed by atoms with Crippen molar-refractivity contribution in [2.24, 2.45) is 0 Å². The molecule has 1 aromatic rings. The van der Waals surface area contributed by atoms with Crippen LogP contribution in [0.15, 0.2) is 18.2 Å². The van der Waals surface area contributed by atoms with E-state index in [1.165, 1.54) is 25.9 Å². The highest BCUT2D eigenvalue weighted by Crippen LogP contribution is 2.44. The van der Waals surface area contributed by atoms with Gasteiger partial charge in [-0.3, -0.25) is 0 Å². The molecular weight excluding hydrogens is 170 g/mol. The molecule has 0 amide bonds. The summed E-state index contributed by atoms with van der Waals surface area (Å²) in [6.07, 6.45) is 2.60. The first-order valence-corrected chi connectivity index (χ1v) is 5.56. The summed E-state index contributed by atoms with van der Waals surface area (Å²) in [6.45, 7) is 7.19. The van der Waals surface area contributed by atoms with Crippen molar-refractivity contribution in [3.05, 3.63) is 29.3 Å². The van der Waals surface area contributed by atoms with Crippen LogP contribution in [0.3, 0.4) is 0 Å². The van der Waals surface area contributed by atoms with Gasteiger partial charge in [0.15, 0.2) is 0 Å². The SMILES string of the molecule is CC1(C)CN2CCCc3cccc1c32. The molecule has 0 N–H and O–H groups in total. The molecule has 14 heavy (non-hydrogen) atoms. The number of hydrogen-bond donors (Lipinski definition) is 0. The highest BCUT2D eigenvalue weighted by molar-refractivity contribution is 5.67. The van der Waals surface area contributed by atoms with E-state index in [0.29, 0.717) is 5.41 Å². The molecule has 1 heteroatoms. The summed E-state index contributed by atoms with van der Waals surface area (Å²) < 4.78 is 0. The van der Waals surface area contributed by atoms with Crippen LogP contribution in [0.25, 0.3) is 0 Å². The molecule has 0 bridgehead atoms. The van der Waals surface area contributed by atoms with E-state index in [9.17, 15) is 0 Å². The Hall–Kier alpha value is -0.980. The third kappa shape index (κ3) is 0.956. The molecule has 0 spiro atoms. The standard InChI is InChI=1S/C13H17N/c1-13(2)9-14-8-4-6-10-5-3-7-11(13)12(10)14/h3,5,7H,4,6,8-9H2,1-2H3. The van der Waals surface area contributed by atoms with Crippen molar-refractivity contribution in [3.63, 3.8) is 0 Å². The van der Waals surface area contributed by atoms with E-state index in [0.717, 1.165) is 0 Å². The number of rotatable bonds is 0. The number of nitrogens with zero attached hydrogens (tertiary/aromatic N) is 1. The quantitative estimate of drug-likeness (QED) is 0.603. The maximum Gasteiger partial charge on any atom is 0.0437 e. The molecule has 2 aliphatic rings. The van der Waals surface area contributed by atoms with E-state index in [4.69, 9.17) is 0 Å². The average molecular weight is 187 g/mol. The minimum Gasteiger partial charge on any atom is -0.370 e. The van der Waals surface area contributed by atoms with Gasteiger partial charge in [-0.05, 0) is 24.0 Å². The maximum atomic E-state index is 2.58. The predicted molar refractivity (Wildman–Crippen MR) is 60.0 cm³/mol. The van der Waals surface area contributed by atoms with Gasteiger partial charge in [0, 0.05) is 24.2 Å². The van der Waals surface area contributed by atoms with Crippen LogP contribution in [0.4, 0.5) is 5.69 Å². The number of hydrogen-bond acceptors (Lipinski definition) is 1. The molecule has 2 aliphatic heterocycles. The number of para-hydroxylation sites is 1. The second-order valence-electron chi connectivity index (χ2n) is 5.22. The Morgan fingerprint density at radius 3 is 3.00 bits per heavy atom. The Balaban J connectivity index is 2.25. The van der Waals surface area contributed by atoms with Crippen LogP contribution >= 0.6 is 0 Å². The first-order chi connectivity index (χ1) is 6.68. The van der Waals surface area contributed by atoms with E-state index in [-0.39, 0.29) is 0 Å². The van der Waals surface area contributed by atoms with E-state index in [1.54, 1.807) is 16.8 Å². The third-order valence-electron chi connectivity index (χ3n) is 3.63. The first kappa shape index (κ1) is 8.34. The predicted octanol–water partition coefficient (Wildman–Crippen LogP) is 2.73. The summed E-state index contributed by atoms with van der Waals surface area (Å²) in [7, 11) is 0. The molecule has 0 saturated heterocycles. The average Bonchev–Trinajstić information content (AvgIpc) is 2.41. The van der Waals surface area contributed by atoms with Gasteiger partial charge in [-0.1, -0.05) is 32.0 Å². The fraction of sp³-hybridized carbons (Fsp3) is 0.538. The van der Waals surface area contributed by atoms with Crippen LogP contribution in [0.2, 0.25) is 0 Å². The van der Waals surface area contributed by atoms with Gasteiger partial charge < -0.3 is 4.90 Å². The van der Waals surface area contributed by atoms with Gasteiger partial charge in [0.05, 0.1) is 0 Å². The highest BCUT2D eigenvalue weighted by Gasteiger charge is 2.37. The molecule has 0 aromatic heterocycles. The molecule has 0 aliphatic carbocycles. The molecular formula is C13H17N. The van der Waals surface area contributed by atoms with Crippen LogP contribution < -0.4 is 4.90 Å². The molecule has 3 rings (SSSR count). The largest absolute Gasteiger partial charge is 0.370 e. The topological polar surface area (TPSA) is 3.24 Å². The summed E-state index contributed by atoms with van der Waals surface area (Å²) in [5.74, 6) is 0. The fourth-order valence-corrected chi connectivity index (χ4v) is 3.01. The summed E-state index contributed by atoms with van der Waals surface area (Å²) >= 11 is 0. The second-order valence-corrected chi connectivity index (χ2v) is 5.22. The lowest BCUT2D eigenvalue weighted by molar-refractivity contribution is 0.545. The zero-order valence-corrected chi connectivity index (χ0v) is 9.01. The van der Waals surface area contributed by atoms with Gasteiger partial charge >= 0.3 is 0 Å². The fourth-order valence-electron chi connectivity index (χ4n) is 3.01. The van der Waals surface area contributed by atoms with E-state index in [2.05, 4.69) is 36.9 Å². The van der Waals surface area contributed by atoms with Crippen molar-refractivity contribution in [1.82, 2.24) is 0 Å². The minimum atomic E-state index is 0.357. The number of benzene rings is 1. The second kappa shape index (κ2) is 2.53. The molecule has 0 atom stereocenters. The van der Waals surface area contributed by atoms with Crippen LogP contribution in [-0.2, 0) is 11.8 Å². The van der Waals surface area contributed by atoms with E-state index in [1.807, 2.05) is 0 Å². The lowest BCUT2D eigenvalue weighted by Gasteiger charge is -2.27. The van der Waals surface area contributed by atoms with Gasteiger partial charge in [0.1, 0.15) is 0 Å². The monoisotopic (exact) mass is 187 g/mol. The molecule has 1 aromatic carbocycles. The Morgan fingerprint density at radius 2 is 2.14 bits per heavy atom. The molecule has 0 fully saturated rings. The Morgan fingerprint density at radius 1 is 1.29 bits per heavy atom.